The van der Waals surface area contributed by atoms with E-state index in [1.807, 2.05) is 19.3 Å². The lowest BCUT2D eigenvalue weighted by atomic mass is 9.95. The van der Waals surface area contributed by atoms with Gasteiger partial charge in [0, 0.05) is 26.3 Å². The van der Waals surface area contributed by atoms with E-state index in [9.17, 15) is 18.0 Å². The number of halogens is 3. The molecular weight excluding hydrogens is 361 g/mol. The van der Waals surface area contributed by atoms with E-state index < -0.39 is 12.7 Å². The number of piperidine rings is 1. The van der Waals surface area contributed by atoms with Crippen LogP contribution >= 0.6 is 0 Å². The first kappa shape index (κ1) is 20.9. The molecule has 2 aromatic heterocycles. The highest BCUT2D eigenvalue weighted by Crippen LogP contribution is 2.23. The summed E-state index contributed by atoms with van der Waals surface area (Å²) in [7, 11) is 1.82. The molecule has 7 nitrogen and oxygen atoms in total. The Balaban J connectivity index is 0.000000206. The van der Waals surface area contributed by atoms with E-state index in [1.54, 1.807) is 6.20 Å². The van der Waals surface area contributed by atoms with Crippen molar-refractivity contribution in [2.45, 2.75) is 25.4 Å². The number of amides is 1. The maximum Gasteiger partial charge on any atom is 0.401 e. The minimum absolute atomic E-state index is 0.267. The number of H-pyrrole nitrogens is 1. The van der Waals surface area contributed by atoms with Crippen LogP contribution < -0.4 is 10.6 Å². The fourth-order valence-electron chi connectivity index (χ4n) is 3.08. The van der Waals surface area contributed by atoms with Gasteiger partial charge in [-0.2, -0.15) is 13.2 Å². The van der Waals surface area contributed by atoms with Crippen LogP contribution in [0.3, 0.4) is 0 Å². The molecule has 2 aromatic rings. The van der Waals surface area contributed by atoms with E-state index in [1.165, 1.54) is 4.90 Å². The Morgan fingerprint density at radius 3 is 2.96 bits per heavy atom. The molecule has 3 heterocycles. The van der Waals surface area contributed by atoms with E-state index in [2.05, 4.69) is 25.6 Å². The zero-order chi connectivity index (χ0) is 19.7. The molecule has 1 aliphatic rings. The smallest absolute Gasteiger partial charge is 0.372 e. The normalized spacial score (nSPS) is 17.9. The zero-order valence-electron chi connectivity index (χ0n) is 15.2. The van der Waals surface area contributed by atoms with E-state index >= 15 is 0 Å². The van der Waals surface area contributed by atoms with Crippen molar-refractivity contribution in [1.82, 2.24) is 25.2 Å². The number of nitrogens with one attached hydrogen (secondary N) is 3. The van der Waals surface area contributed by atoms with Gasteiger partial charge in [-0.25, -0.2) is 9.97 Å². The van der Waals surface area contributed by atoms with Crippen LogP contribution in [0.15, 0.2) is 18.5 Å². The Morgan fingerprint density at radius 1 is 1.44 bits per heavy atom. The largest absolute Gasteiger partial charge is 0.401 e. The first-order valence-corrected chi connectivity index (χ1v) is 8.85. The van der Waals surface area contributed by atoms with Gasteiger partial charge in [0.15, 0.2) is 5.65 Å². The molecule has 0 spiro atoms. The van der Waals surface area contributed by atoms with E-state index in [-0.39, 0.29) is 5.92 Å². The summed E-state index contributed by atoms with van der Waals surface area (Å²) in [6, 6.07) is 1.89. The number of hydrogen-bond donors (Lipinski definition) is 3. The van der Waals surface area contributed by atoms with Gasteiger partial charge in [-0.05, 0) is 37.8 Å². The van der Waals surface area contributed by atoms with Gasteiger partial charge >= 0.3 is 6.18 Å². The third-order valence-corrected chi connectivity index (χ3v) is 4.30. The van der Waals surface area contributed by atoms with Gasteiger partial charge in [0.25, 0.3) is 0 Å². The standard InChI is InChI=1S/C10H17F3N2O.C7H8N4/c11-10(12,13)7-15-5-1-2-9(6-15)3-4-14-8-16;1-8-6-4-10-7-5(11-6)2-3-9-7/h8-9H,1-7H2,(H,14,16);2-4H,1H3,(H,8,11)(H,9,10). The lowest BCUT2D eigenvalue weighted by Gasteiger charge is -2.33. The minimum Gasteiger partial charge on any atom is -0.372 e. The molecular formula is C17H25F3N6O. The van der Waals surface area contributed by atoms with Crippen LogP contribution in [-0.2, 0) is 4.79 Å². The quantitative estimate of drug-likeness (QED) is 0.524. The van der Waals surface area contributed by atoms with Gasteiger partial charge in [-0.15, -0.1) is 0 Å². The zero-order valence-corrected chi connectivity index (χ0v) is 15.2. The van der Waals surface area contributed by atoms with Crippen molar-refractivity contribution in [2.75, 3.05) is 38.5 Å². The molecule has 3 rings (SSSR count). The molecule has 1 saturated heterocycles. The summed E-state index contributed by atoms with van der Waals surface area (Å²) in [5.74, 6) is 1.06. The number of alkyl halides is 3. The summed E-state index contributed by atoms with van der Waals surface area (Å²) in [5, 5.41) is 5.46. The average molecular weight is 386 g/mol. The SMILES string of the molecule is CNc1cnc2[nH]ccc2n1.O=CNCCC1CCCN(CC(F)(F)F)C1. The predicted molar refractivity (Wildman–Crippen MR) is 97.3 cm³/mol. The number of fused-ring (bicyclic) bond motifs is 1. The fourth-order valence-corrected chi connectivity index (χ4v) is 3.08. The van der Waals surface area contributed by atoms with Gasteiger partial charge < -0.3 is 15.6 Å². The van der Waals surface area contributed by atoms with E-state index in [0.717, 1.165) is 36.2 Å². The predicted octanol–water partition coefficient (Wildman–Crippen LogP) is 2.40. The maximum absolute atomic E-state index is 12.2. The second kappa shape index (κ2) is 10.1. The van der Waals surface area contributed by atoms with E-state index in [0.29, 0.717) is 26.0 Å². The van der Waals surface area contributed by atoms with Crippen molar-refractivity contribution in [3.05, 3.63) is 18.5 Å². The molecule has 3 N–H and O–H groups in total. The second-order valence-corrected chi connectivity index (χ2v) is 6.44. The Hall–Kier alpha value is -2.36. The number of aromatic amines is 1. The summed E-state index contributed by atoms with van der Waals surface area (Å²) in [5.41, 5.74) is 1.71. The number of nitrogens with zero attached hydrogens (tertiary/aromatic N) is 3. The monoisotopic (exact) mass is 386 g/mol. The van der Waals surface area contributed by atoms with Crippen molar-refractivity contribution < 1.29 is 18.0 Å². The summed E-state index contributed by atoms with van der Waals surface area (Å²) >= 11 is 0. The third kappa shape index (κ3) is 7.41. The molecule has 0 radical (unpaired) electrons. The van der Waals surface area contributed by atoms with Crippen molar-refractivity contribution in [3.8, 4) is 0 Å². The Kier molecular flexibility index (Phi) is 7.83. The van der Waals surface area contributed by atoms with Crippen molar-refractivity contribution in [2.24, 2.45) is 5.92 Å². The van der Waals surface area contributed by atoms with E-state index in [4.69, 9.17) is 0 Å². The highest BCUT2D eigenvalue weighted by atomic mass is 19.4. The summed E-state index contributed by atoms with van der Waals surface area (Å²) in [4.78, 5) is 22.8. The van der Waals surface area contributed by atoms with Gasteiger partial charge in [-0.1, -0.05) is 0 Å². The molecule has 27 heavy (non-hydrogen) atoms. The number of carbonyl (C=O) groups is 1. The van der Waals surface area contributed by atoms with Crippen molar-refractivity contribution in [3.63, 3.8) is 0 Å². The summed E-state index contributed by atoms with van der Waals surface area (Å²) < 4.78 is 36.5. The molecule has 1 amide bonds. The fraction of sp³-hybridized carbons (Fsp3) is 0.588. The summed E-state index contributed by atoms with van der Waals surface area (Å²) in [6.45, 7) is 0.746. The molecule has 150 valence electrons. The molecule has 0 aliphatic carbocycles. The number of rotatable bonds is 6. The number of anilines is 1. The third-order valence-electron chi connectivity index (χ3n) is 4.30. The maximum atomic E-state index is 12.2. The Bertz CT molecular complexity index is 705. The van der Waals surface area contributed by atoms with Gasteiger partial charge in [-0.3, -0.25) is 9.69 Å². The molecule has 0 saturated carbocycles. The molecule has 0 bridgehead atoms. The number of aromatic nitrogens is 3. The molecule has 10 heteroatoms. The number of carbonyl (C=O) groups excluding carboxylic acids is 1. The summed E-state index contributed by atoms with van der Waals surface area (Å²) in [6.07, 6.45) is 2.55. The average Bonchev–Trinajstić information content (AvgIpc) is 3.09. The lowest BCUT2D eigenvalue weighted by molar-refractivity contribution is -0.149. The second-order valence-electron chi connectivity index (χ2n) is 6.44. The number of hydrogen-bond acceptors (Lipinski definition) is 5. The van der Waals surface area contributed by atoms with Crippen LogP contribution in [0.5, 0.6) is 0 Å². The Morgan fingerprint density at radius 2 is 2.26 bits per heavy atom. The molecule has 1 fully saturated rings. The van der Waals surface area contributed by atoms with Crippen LogP contribution in [0, 0.1) is 5.92 Å². The first-order valence-electron chi connectivity index (χ1n) is 8.85. The van der Waals surface area contributed by atoms with Gasteiger partial charge in [0.05, 0.1) is 12.7 Å². The van der Waals surface area contributed by atoms with Crippen LogP contribution in [0.4, 0.5) is 19.0 Å². The van der Waals surface area contributed by atoms with Crippen molar-refractivity contribution in [1.29, 1.82) is 0 Å². The first-order chi connectivity index (χ1) is 12.9. The number of likely N-dealkylation sites (tertiary alicyclic amines) is 1. The van der Waals surface area contributed by atoms with Gasteiger partial charge in [0.1, 0.15) is 11.3 Å². The van der Waals surface area contributed by atoms with Crippen LogP contribution in [0.1, 0.15) is 19.3 Å². The molecule has 1 atom stereocenters. The van der Waals surface area contributed by atoms with Crippen LogP contribution in [-0.4, -0.2) is 65.7 Å². The minimum atomic E-state index is -4.11. The van der Waals surface area contributed by atoms with Crippen LogP contribution in [0.25, 0.3) is 11.2 Å². The lowest BCUT2D eigenvalue weighted by Crippen LogP contribution is -2.41. The van der Waals surface area contributed by atoms with Crippen molar-refractivity contribution >= 4 is 23.4 Å². The molecule has 0 aromatic carbocycles. The highest BCUT2D eigenvalue weighted by Gasteiger charge is 2.32. The topological polar surface area (TPSA) is 85.9 Å². The van der Waals surface area contributed by atoms with Gasteiger partial charge in [0.2, 0.25) is 6.41 Å². The molecule has 1 unspecified atom stereocenters. The Labute approximate surface area is 155 Å². The highest BCUT2D eigenvalue weighted by molar-refractivity contribution is 5.71. The molecule has 1 aliphatic heterocycles. The van der Waals surface area contributed by atoms with Crippen LogP contribution in [0.2, 0.25) is 0 Å².